The quantitative estimate of drug-likeness (QED) is 0.677. The van der Waals surface area contributed by atoms with Gasteiger partial charge < -0.3 is 20.4 Å². The van der Waals surface area contributed by atoms with E-state index in [-0.39, 0.29) is 12.5 Å². The van der Waals surface area contributed by atoms with E-state index in [4.69, 9.17) is 5.11 Å². The fourth-order valence-electron chi connectivity index (χ4n) is 3.80. The van der Waals surface area contributed by atoms with Crippen molar-refractivity contribution in [1.29, 1.82) is 0 Å². The van der Waals surface area contributed by atoms with Crippen molar-refractivity contribution in [1.82, 2.24) is 15.1 Å². The summed E-state index contributed by atoms with van der Waals surface area (Å²) in [5.74, 6) is 0.787. The zero-order valence-electron chi connectivity index (χ0n) is 15.8. The van der Waals surface area contributed by atoms with Crippen LogP contribution in [-0.2, 0) is 11.3 Å². The summed E-state index contributed by atoms with van der Waals surface area (Å²) >= 11 is 0. The highest BCUT2D eigenvalue weighted by molar-refractivity contribution is 6.02. The number of likely N-dealkylation sites (N-methyl/N-ethyl adjacent to an activating group) is 1. The number of nitrogens with one attached hydrogen (secondary N) is 1. The van der Waals surface area contributed by atoms with Gasteiger partial charge in [-0.25, -0.2) is 4.99 Å². The van der Waals surface area contributed by atoms with Crippen molar-refractivity contribution in [2.75, 3.05) is 26.7 Å². The fourth-order valence-corrected chi connectivity index (χ4v) is 3.80. The Bertz CT molecular complexity index is 899. The van der Waals surface area contributed by atoms with E-state index >= 15 is 0 Å². The Morgan fingerprint density at radius 1 is 1.29 bits per heavy atom. The smallest absolute Gasteiger partial charge is 0.248 e. The van der Waals surface area contributed by atoms with E-state index in [1.165, 1.54) is 0 Å². The Kier molecular flexibility index (Phi) is 5.13. The van der Waals surface area contributed by atoms with Crippen molar-refractivity contribution < 1.29 is 15.0 Å². The Morgan fingerprint density at radius 2 is 2.07 bits per heavy atom. The summed E-state index contributed by atoms with van der Waals surface area (Å²) in [6, 6.07) is 8.21. The van der Waals surface area contributed by atoms with Gasteiger partial charge in [-0.1, -0.05) is 24.3 Å². The standard InChI is InChI=1S/C21H24N4O3/c1-24(12-17(27)13-26)11-14-2-4-15(5-3-14)21-22-10-16-6-7-19(28)23-18-8-9-25(21)20(16)18/h2-7,10,17,26-27H,8-9,11-13H2,1H3,(H,23,28). The molecule has 1 aromatic carbocycles. The number of benzene rings is 1. The number of aliphatic hydroxyl groups excluding tert-OH is 2. The van der Waals surface area contributed by atoms with Gasteiger partial charge in [0.1, 0.15) is 5.84 Å². The molecule has 4 rings (SSSR count). The molecule has 0 bridgehead atoms. The Hall–Kier alpha value is -2.74. The number of carbonyl (C=O) groups excluding carboxylic acids is 1. The summed E-state index contributed by atoms with van der Waals surface area (Å²) in [6.07, 6.45) is 5.24. The number of aliphatic imine (C=N–C) groups is 1. The molecule has 3 heterocycles. The molecule has 3 N–H and O–H groups in total. The third-order valence-electron chi connectivity index (χ3n) is 5.08. The Morgan fingerprint density at radius 3 is 2.82 bits per heavy atom. The topological polar surface area (TPSA) is 88.4 Å². The first-order chi connectivity index (χ1) is 13.5. The molecule has 7 heteroatoms. The molecule has 7 nitrogen and oxygen atoms in total. The molecule has 0 saturated carbocycles. The zero-order chi connectivity index (χ0) is 19.7. The van der Waals surface area contributed by atoms with Crippen molar-refractivity contribution >= 4 is 11.7 Å². The van der Waals surface area contributed by atoms with E-state index in [1.54, 1.807) is 6.08 Å². The summed E-state index contributed by atoms with van der Waals surface area (Å²) in [7, 11) is 1.91. The highest BCUT2D eigenvalue weighted by Crippen LogP contribution is 2.34. The molecule has 3 aliphatic rings. The van der Waals surface area contributed by atoms with Gasteiger partial charge in [0, 0.05) is 55.2 Å². The highest BCUT2D eigenvalue weighted by atomic mass is 16.3. The first-order valence-electron chi connectivity index (χ1n) is 9.40. The van der Waals surface area contributed by atoms with Crippen LogP contribution in [-0.4, -0.2) is 64.6 Å². The van der Waals surface area contributed by atoms with E-state index in [2.05, 4.69) is 27.3 Å². The number of aliphatic hydroxyl groups is 2. The summed E-state index contributed by atoms with van der Waals surface area (Å²) < 4.78 is 0. The predicted molar refractivity (Wildman–Crippen MR) is 106 cm³/mol. The molecule has 146 valence electrons. The van der Waals surface area contributed by atoms with Gasteiger partial charge in [-0.2, -0.15) is 0 Å². The molecule has 0 aliphatic carbocycles. The number of hydrogen-bond donors (Lipinski definition) is 3. The molecule has 3 aliphatic heterocycles. The molecular formula is C21H24N4O3. The molecule has 1 amide bonds. The molecule has 0 spiro atoms. The lowest BCUT2D eigenvalue weighted by atomic mass is 10.1. The average molecular weight is 380 g/mol. The van der Waals surface area contributed by atoms with Gasteiger partial charge in [-0.15, -0.1) is 0 Å². The largest absolute Gasteiger partial charge is 0.394 e. The number of hydrogen-bond acceptors (Lipinski definition) is 6. The predicted octanol–water partition coefficient (Wildman–Crippen LogP) is 0.719. The molecule has 28 heavy (non-hydrogen) atoms. The van der Waals surface area contributed by atoms with Crippen LogP contribution in [0.3, 0.4) is 0 Å². The summed E-state index contributed by atoms with van der Waals surface area (Å²) in [5, 5.41) is 21.5. The van der Waals surface area contributed by atoms with Crippen molar-refractivity contribution in [2.45, 2.75) is 19.1 Å². The average Bonchev–Trinajstić information content (AvgIpc) is 3.02. The van der Waals surface area contributed by atoms with Gasteiger partial charge in [-0.3, -0.25) is 9.69 Å². The van der Waals surface area contributed by atoms with E-state index in [9.17, 15) is 9.90 Å². The van der Waals surface area contributed by atoms with Gasteiger partial charge in [0.05, 0.1) is 18.4 Å². The molecular weight excluding hydrogens is 356 g/mol. The van der Waals surface area contributed by atoms with Crippen LogP contribution in [0.25, 0.3) is 0 Å². The van der Waals surface area contributed by atoms with Gasteiger partial charge in [0.2, 0.25) is 5.91 Å². The maximum absolute atomic E-state index is 11.8. The third kappa shape index (κ3) is 3.64. The van der Waals surface area contributed by atoms with Crippen LogP contribution in [0.4, 0.5) is 0 Å². The van der Waals surface area contributed by atoms with Crippen molar-refractivity contribution in [3.05, 3.63) is 70.7 Å². The van der Waals surface area contributed by atoms with E-state index in [0.29, 0.717) is 13.1 Å². The van der Waals surface area contributed by atoms with E-state index in [1.807, 2.05) is 36.4 Å². The second kappa shape index (κ2) is 7.71. The van der Waals surface area contributed by atoms with Crippen molar-refractivity contribution in [3.8, 4) is 0 Å². The lowest BCUT2D eigenvalue weighted by Crippen LogP contribution is -2.32. The van der Waals surface area contributed by atoms with E-state index in [0.717, 1.165) is 46.9 Å². The van der Waals surface area contributed by atoms with Crippen molar-refractivity contribution in [3.63, 3.8) is 0 Å². The highest BCUT2D eigenvalue weighted by Gasteiger charge is 2.32. The fraction of sp³-hybridized carbons (Fsp3) is 0.333. The summed E-state index contributed by atoms with van der Waals surface area (Å²) in [5.41, 5.74) is 5.08. The SMILES string of the molecule is CN(Cc1ccc(C2=NC=C3C=CC(=O)NC4=C3N2CC4)cc1)CC(O)CO. The molecule has 1 aromatic rings. The van der Waals surface area contributed by atoms with Gasteiger partial charge in [-0.05, 0) is 18.7 Å². The van der Waals surface area contributed by atoms with Gasteiger partial charge in [0.25, 0.3) is 0 Å². The number of amidine groups is 1. The monoisotopic (exact) mass is 380 g/mol. The normalized spacial score (nSPS) is 19.3. The number of allylic oxidation sites excluding steroid dienone is 1. The van der Waals surface area contributed by atoms with Crippen LogP contribution in [0.1, 0.15) is 17.5 Å². The molecule has 0 aromatic heterocycles. The lowest BCUT2D eigenvalue weighted by molar-refractivity contribution is -0.115. The number of amides is 1. The molecule has 0 saturated heterocycles. The third-order valence-corrected chi connectivity index (χ3v) is 5.08. The molecule has 1 unspecified atom stereocenters. The maximum atomic E-state index is 11.8. The van der Waals surface area contributed by atoms with Crippen LogP contribution in [0.15, 0.2) is 64.6 Å². The minimum Gasteiger partial charge on any atom is -0.394 e. The van der Waals surface area contributed by atoms with Crippen LogP contribution in [0.2, 0.25) is 0 Å². The van der Waals surface area contributed by atoms with Crippen molar-refractivity contribution in [2.24, 2.45) is 4.99 Å². The number of rotatable bonds is 6. The minimum atomic E-state index is -0.728. The Labute approximate surface area is 164 Å². The van der Waals surface area contributed by atoms with Crippen LogP contribution < -0.4 is 5.32 Å². The Balaban J connectivity index is 1.53. The van der Waals surface area contributed by atoms with Crippen LogP contribution in [0, 0.1) is 0 Å². The second-order valence-corrected chi connectivity index (χ2v) is 7.32. The van der Waals surface area contributed by atoms with Crippen LogP contribution in [0.5, 0.6) is 0 Å². The van der Waals surface area contributed by atoms with Crippen LogP contribution >= 0.6 is 0 Å². The number of nitrogens with zero attached hydrogens (tertiary/aromatic N) is 3. The summed E-state index contributed by atoms with van der Waals surface area (Å²) in [4.78, 5) is 20.6. The van der Waals surface area contributed by atoms with Gasteiger partial charge in [0.15, 0.2) is 0 Å². The molecule has 1 atom stereocenters. The van der Waals surface area contributed by atoms with E-state index < -0.39 is 6.10 Å². The molecule has 0 radical (unpaired) electrons. The maximum Gasteiger partial charge on any atom is 0.248 e. The van der Waals surface area contributed by atoms with Gasteiger partial charge >= 0.3 is 0 Å². The minimum absolute atomic E-state index is 0.0963. The number of carbonyl (C=O) groups is 1. The zero-order valence-corrected chi connectivity index (χ0v) is 15.8. The first-order valence-corrected chi connectivity index (χ1v) is 9.40. The summed E-state index contributed by atoms with van der Waals surface area (Å²) in [6.45, 7) is 1.66. The first kappa shape index (κ1) is 18.6. The molecule has 0 fully saturated rings. The second-order valence-electron chi connectivity index (χ2n) is 7.32. The lowest BCUT2D eigenvalue weighted by Gasteiger charge is -2.27.